The van der Waals surface area contributed by atoms with Gasteiger partial charge in [-0.3, -0.25) is 4.79 Å². The molecule has 1 saturated carbocycles. The third kappa shape index (κ3) is 2.84. The van der Waals surface area contributed by atoms with Crippen LogP contribution in [0.1, 0.15) is 24.8 Å². The van der Waals surface area contributed by atoms with Crippen LogP contribution in [0.4, 0.5) is 0 Å². The second-order valence-electron chi connectivity index (χ2n) is 5.76. The van der Waals surface area contributed by atoms with Gasteiger partial charge in [0.2, 0.25) is 5.91 Å². The first-order valence-electron chi connectivity index (χ1n) is 6.81. The van der Waals surface area contributed by atoms with Crippen LogP contribution in [0, 0.1) is 5.92 Å². The van der Waals surface area contributed by atoms with Crippen molar-refractivity contribution in [2.45, 2.75) is 31.3 Å². The summed E-state index contributed by atoms with van der Waals surface area (Å²) in [7, 11) is 0. The maximum absolute atomic E-state index is 12.0. The Balaban J connectivity index is 1.47. The van der Waals surface area contributed by atoms with Gasteiger partial charge >= 0.3 is 0 Å². The molecule has 3 nitrogen and oxygen atoms in total. The van der Waals surface area contributed by atoms with Gasteiger partial charge in [-0.15, -0.1) is 0 Å². The molecule has 2 aliphatic rings. The molecule has 102 valence electrons. The minimum absolute atomic E-state index is 0.158. The molecule has 0 radical (unpaired) electrons. The Labute approximate surface area is 121 Å². The predicted octanol–water partition coefficient (Wildman–Crippen LogP) is 2.37. The number of aryl methyl sites for hydroxylation is 1. The predicted molar refractivity (Wildman–Crippen MR) is 76.7 cm³/mol. The maximum atomic E-state index is 12.0. The molecular weight excluding hydrogens is 306 g/mol. The van der Waals surface area contributed by atoms with Gasteiger partial charge in [0, 0.05) is 10.9 Å². The monoisotopic (exact) mass is 323 g/mol. The van der Waals surface area contributed by atoms with Crippen LogP contribution in [0.3, 0.4) is 0 Å². The van der Waals surface area contributed by atoms with Gasteiger partial charge in [-0.2, -0.15) is 0 Å². The van der Waals surface area contributed by atoms with E-state index in [1.54, 1.807) is 4.90 Å². The molecule has 1 aliphatic heterocycles. The summed E-state index contributed by atoms with van der Waals surface area (Å²) in [6.07, 6.45) is 3.53. The van der Waals surface area contributed by atoms with E-state index in [4.69, 9.17) is 0 Å². The smallest absolute Gasteiger partial charge is 0.223 e. The van der Waals surface area contributed by atoms with Crippen LogP contribution in [0.15, 0.2) is 28.7 Å². The van der Waals surface area contributed by atoms with Crippen molar-refractivity contribution in [2.24, 2.45) is 5.92 Å². The molecule has 0 unspecified atom stereocenters. The first-order chi connectivity index (χ1) is 9.07. The average molecular weight is 324 g/mol. The highest BCUT2D eigenvalue weighted by Crippen LogP contribution is 2.44. The Bertz CT molecular complexity index is 493. The zero-order chi connectivity index (χ0) is 13.5. The van der Waals surface area contributed by atoms with E-state index in [0.717, 1.165) is 23.7 Å². The fourth-order valence-corrected chi connectivity index (χ4v) is 3.22. The van der Waals surface area contributed by atoms with Gasteiger partial charge in [-0.05, 0) is 42.9 Å². The number of carbonyl (C=O) groups excluding carboxylic acids is 1. The van der Waals surface area contributed by atoms with Gasteiger partial charge in [-0.25, -0.2) is 0 Å². The topological polar surface area (TPSA) is 40.5 Å². The maximum Gasteiger partial charge on any atom is 0.223 e. The van der Waals surface area contributed by atoms with Gasteiger partial charge in [0.25, 0.3) is 0 Å². The van der Waals surface area contributed by atoms with Crippen molar-refractivity contribution < 1.29 is 9.90 Å². The van der Waals surface area contributed by atoms with E-state index in [1.807, 2.05) is 24.3 Å². The Morgan fingerprint density at radius 1 is 1.42 bits per heavy atom. The molecule has 1 heterocycles. The zero-order valence-corrected chi connectivity index (χ0v) is 12.4. The summed E-state index contributed by atoms with van der Waals surface area (Å²) in [4.78, 5) is 13.8. The fraction of sp³-hybridized carbons (Fsp3) is 0.533. The Hall–Kier alpha value is -0.870. The fourth-order valence-electron chi connectivity index (χ4n) is 2.77. The Morgan fingerprint density at radius 3 is 2.79 bits per heavy atom. The summed E-state index contributed by atoms with van der Waals surface area (Å²) in [5, 5.41) is 10.2. The van der Waals surface area contributed by atoms with Gasteiger partial charge in [-0.1, -0.05) is 28.1 Å². The number of nitrogens with zero attached hydrogens (tertiary/aromatic N) is 1. The molecule has 19 heavy (non-hydrogen) atoms. The van der Waals surface area contributed by atoms with Crippen LogP contribution < -0.4 is 0 Å². The molecule has 1 aromatic carbocycles. The third-order valence-electron chi connectivity index (χ3n) is 4.14. The number of rotatable bonds is 4. The highest BCUT2D eigenvalue weighted by molar-refractivity contribution is 9.10. The van der Waals surface area contributed by atoms with E-state index in [9.17, 15) is 9.90 Å². The second kappa shape index (κ2) is 4.91. The number of halogens is 1. The molecule has 1 amide bonds. The third-order valence-corrected chi connectivity index (χ3v) is 4.63. The summed E-state index contributed by atoms with van der Waals surface area (Å²) < 4.78 is 1.05. The number of β-amino-alcohol motifs (C(OH)–C–C–N with tert-alkyl or cyclic N) is 1. The highest BCUT2D eigenvalue weighted by atomic mass is 79.9. The first-order valence-corrected chi connectivity index (χ1v) is 7.61. The van der Waals surface area contributed by atoms with Crippen molar-refractivity contribution in [1.29, 1.82) is 0 Å². The molecule has 1 aromatic rings. The Morgan fingerprint density at radius 2 is 2.16 bits per heavy atom. The van der Waals surface area contributed by atoms with E-state index in [2.05, 4.69) is 15.9 Å². The number of hydrogen-bond donors (Lipinski definition) is 1. The molecule has 1 N–H and O–H groups in total. The zero-order valence-electron chi connectivity index (χ0n) is 10.8. The SMILES string of the molecule is O=C(CCc1cccc(Br)c1)N1CC(O)(C2CC2)C1. The Kier molecular flexibility index (Phi) is 3.39. The lowest BCUT2D eigenvalue weighted by Crippen LogP contribution is -2.64. The molecule has 3 rings (SSSR count). The van der Waals surface area contributed by atoms with E-state index < -0.39 is 5.60 Å². The number of hydrogen-bond acceptors (Lipinski definition) is 2. The molecule has 0 atom stereocenters. The van der Waals surface area contributed by atoms with Crippen molar-refractivity contribution in [3.05, 3.63) is 34.3 Å². The van der Waals surface area contributed by atoms with Gasteiger partial charge in [0.15, 0.2) is 0 Å². The minimum Gasteiger partial charge on any atom is -0.386 e. The normalized spacial score (nSPS) is 21.1. The van der Waals surface area contributed by atoms with Crippen LogP contribution in [-0.4, -0.2) is 34.6 Å². The summed E-state index contributed by atoms with van der Waals surface area (Å²) in [5.41, 5.74) is 0.603. The number of amides is 1. The quantitative estimate of drug-likeness (QED) is 0.924. The van der Waals surface area contributed by atoms with E-state index in [0.29, 0.717) is 25.4 Å². The summed E-state index contributed by atoms with van der Waals surface area (Å²) >= 11 is 3.43. The van der Waals surface area contributed by atoms with Gasteiger partial charge in [0.05, 0.1) is 13.1 Å². The van der Waals surface area contributed by atoms with Gasteiger partial charge < -0.3 is 10.0 Å². The molecule has 0 spiro atoms. The van der Waals surface area contributed by atoms with Crippen molar-refractivity contribution in [1.82, 2.24) is 4.90 Å². The highest BCUT2D eigenvalue weighted by Gasteiger charge is 2.52. The van der Waals surface area contributed by atoms with Crippen LogP contribution in [0.5, 0.6) is 0 Å². The van der Waals surface area contributed by atoms with Crippen LogP contribution in [-0.2, 0) is 11.2 Å². The molecule has 0 bridgehead atoms. The number of aliphatic hydroxyl groups is 1. The number of likely N-dealkylation sites (tertiary alicyclic amines) is 1. The summed E-state index contributed by atoms with van der Waals surface area (Å²) in [5.74, 6) is 0.604. The number of benzene rings is 1. The van der Waals surface area contributed by atoms with E-state index in [-0.39, 0.29) is 5.91 Å². The van der Waals surface area contributed by atoms with Gasteiger partial charge in [0.1, 0.15) is 5.60 Å². The lowest BCUT2D eigenvalue weighted by molar-refractivity contribution is -0.159. The number of carbonyl (C=O) groups is 1. The molecule has 0 aromatic heterocycles. The van der Waals surface area contributed by atoms with Crippen LogP contribution in [0.2, 0.25) is 0 Å². The molecule has 2 fully saturated rings. The van der Waals surface area contributed by atoms with Crippen molar-refractivity contribution >= 4 is 21.8 Å². The van der Waals surface area contributed by atoms with Crippen molar-refractivity contribution in [2.75, 3.05) is 13.1 Å². The molecule has 1 saturated heterocycles. The van der Waals surface area contributed by atoms with Crippen molar-refractivity contribution in [3.63, 3.8) is 0 Å². The van der Waals surface area contributed by atoms with E-state index in [1.165, 1.54) is 5.56 Å². The molecule has 1 aliphatic carbocycles. The lowest BCUT2D eigenvalue weighted by Gasteiger charge is -2.47. The standard InChI is InChI=1S/C15H18BrNO2/c16-13-3-1-2-11(8-13)4-7-14(18)17-9-15(19,10-17)12-5-6-12/h1-3,8,12,19H,4-7,9-10H2. The average Bonchev–Trinajstić information content (AvgIpc) is 3.16. The van der Waals surface area contributed by atoms with E-state index >= 15 is 0 Å². The van der Waals surface area contributed by atoms with Crippen molar-refractivity contribution in [3.8, 4) is 0 Å². The second-order valence-corrected chi connectivity index (χ2v) is 6.67. The summed E-state index contributed by atoms with van der Waals surface area (Å²) in [6.45, 7) is 1.07. The first kappa shape index (κ1) is 13.1. The molecular formula is C15H18BrNO2. The van der Waals surface area contributed by atoms with Crippen LogP contribution in [0.25, 0.3) is 0 Å². The van der Waals surface area contributed by atoms with Crippen LogP contribution >= 0.6 is 15.9 Å². The summed E-state index contributed by atoms with van der Waals surface area (Å²) in [6, 6.07) is 8.05. The lowest BCUT2D eigenvalue weighted by atomic mass is 9.88. The largest absolute Gasteiger partial charge is 0.386 e. The minimum atomic E-state index is -0.564. The molecule has 4 heteroatoms.